The largest absolute Gasteiger partial charge is 0.339 e. The van der Waals surface area contributed by atoms with Crippen LogP contribution in [0, 0.1) is 5.92 Å². The van der Waals surface area contributed by atoms with E-state index in [4.69, 9.17) is 0 Å². The Bertz CT molecular complexity index is 389. The average Bonchev–Trinajstić information content (AvgIpc) is 2.40. The minimum atomic E-state index is -3.04. The maximum atomic E-state index is 12.4. The van der Waals surface area contributed by atoms with E-state index < -0.39 is 9.84 Å². The lowest BCUT2D eigenvalue weighted by Crippen LogP contribution is -2.47. The van der Waals surface area contributed by atoms with Gasteiger partial charge in [-0.2, -0.15) is 0 Å². The van der Waals surface area contributed by atoms with Gasteiger partial charge < -0.3 is 10.2 Å². The zero-order chi connectivity index (χ0) is 14.5. The number of sulfone groups is 1. The van der Waals surface area contributed by atoms with Gasteiger partial charge in [0.25, 0.3) is 0 Å². The summed E-state index contributed by atoms with van der Waals surface area (Å²) < 4.78 is 23.4. The van der Waals surface area contributed by atoms with Crippen LogP contribution in [0.15, 0.2) is 0 Å². The van der Waals surface area contributed by atoms with E-state index in [0.717, 1.165) is 25.9 Å². The second kappa shape index (κ2) is 7.24. The Morgan fingerprint density at radius 1 is 1.32 bits per heavy atom. The molecule has 1 heterocycles. The molecule has 1 atom stereocenters. The van der Waals surface area contributed by atoms with E-state index in [1.807, 2.05) is 13.8 Å². The van der Waals surface area contributed by atoms with Crippen LogP contribution in [0.5, 0.6) is 0 Å². The second-order valence-corrected chi connectivity index (χ2v) is 7.59. The van der Waals surface area contributed by atoms with Crippen LogP contribution in [0.1, 0.15) is 33.6 Å². The fraction of sp³-hybridized carbons (Fsp3) is 0.923. The number of carbonyl (C=O) groups is 1. The van der Waals surface area contributed by atoms with Gasteiger partial charge in [-0.1, -0.05) is 6.92 Å². The fourth-order valence-electron chi connectivity index (χ4n) is 2.56. The summed E-state index contributed by atoms with van der Waals surface area (Å²) in [5.41, 5.74) is 0. The SMILES string of the molecule is CCN(C(=O)C1CCNCC1)C(C)CS(=O)(=O)CC. The monoisotopic (exact) mass is 290 g/mol. The van der Waals surface area contributed by atoms with E-state index >= 15 is 0 Å². The molecule has 0 spiro atoms. The van der Waals surface area contributed by atoms with Gasteiger partial charge in [-0.25, -0.2) is 8.42 Å². The van der Waals surface area contributed by atoms with Gasteiger partial charge in [-0.3, -0.25) is 4.79 Å². The molecule has 1 aliphatic rings. The molecule has 1 rings (SSSR count). The summed E-state index contributed by atoms with van der Waals surface area (Å²) in [6.07, 6.45) is 1.70. The van der Waals surface area contributed by atoms with Crippen LogP contribution in [0.25, 0.3) is 0 Å². The summed E-state index contributed by atoms with van der Waals surface area (Å²) in [7, 11) is -3.04. The van der Waals surface area contributed by atoms with Crippen LogP contribution in [-0.2, 0) is 14.6 Å². The van der Waals surface area contributed by atoms with Crippen LogP contribution in [0.4, 0.5) is 0 Å². The quantitative estimate of drug-likeness (QED) is 0.780. The van der Waals surface area contributed by atoms with E-state index in [1.54, 1.807) is 11.8 Å². The minimum Gasteiger partial charge on any atom is -0.339 e. The Morgan fingerprint density at radius 3 is 2.37 bits per heavy atom. The summed E-state index contributed by atoms with van der Waals surface area (Å²) in [5, 5.41) is 3.24. The van der Waals surface area contributed by atoms with Crippen LogP contribution in [0.3, 0.4) is 0 Å². The Balaban J connectivity index is 2.67. The van der Waals surface area contributed by atoms with E-state index in [0.29, 0.717) is 6.54 Å². The van der Waals surface area contributed by atoms with E-state index in [-0.39, 0.29) is 29.4 Å². The van der Waals surface area contributed by atoms with Crippen molar-refractivity contribution in [1.29, 1.82) is 0 Å². The van der Waals surface area contributed by atoms with Crippen LogP contribution >= 0.6 is 0 Å². The van der Waals surface area contributed by atoms with Crippen molar-refractivity contribution >= 4 is 15.7 Å². The molecule has 1 saturated heterocycles. The van der Waals surface area contributed by atoms with Crippen LogP contribution in [-0.4, -0.2) is 56.4 Å². The second-order valence-electron chi connectivity index (χ2n) is 5.20. The number of nitrogens with one attached hydrogen (secondary N) is 1. The fourth-order valence-corrected chi connectivity index (χ4v) is 3.71. The average molecular weight is 290 g/mol. The molecule has 0 saturated carbocycles. The lowest BCUT2D eigenvalue weighted by atomic mass is 9.96. The number of carbonyl (C=O) groups excluding carboxylic acids is 1. The predicted octanol–water partition coefficient (Wildman–Crippen LogP) is 0.658. The molecule has 1 aliphatic heterocycles. The lowest BCUT2D eigenvalue weighted by Gasteiger charge is -2.33. The predicted molar refractivity (Wildman–Crippen MR) is 76.8 cm³/mol. The maximum Gasteiger partial charge on any atom is 0.226 e. The van der Waals surface area contributed by atoms with E-state index in [2.05, 4.69) is 5.32 Å². The molecule has 1 N–H and O–H groups in total. The summed E-state index contributed by atoms with van der Waals surface area (Å²) in [4.78, 5) is 14.2. The van der Waals surface area contributed by atoms with Crippen LogP contribution in [0.2, 0.25) is 0 Å². The van der Waals surface area contributed by atoms with E-state index in [9.17, 15) is 13.2 Å². The van der Waals surface area contributed by atoms with Gasteiger partial charge in [-0.05, 0) is 39.8 Å². The molecular formula is C13H26N2O3S. The number of piperidine rings is 1. The zero-order valence-electron chi connectivity index (χ0n) is 12.2. The number of hydrogen-bond acceptors (Lipinski definition) is 4. The summed E-state index contributed by atoms with van der Waals surface area (Å²) in [6, 6.07) is -0.239. The molecule has 112 valence electrons. The molecule has 6 heteroatoms. The highest BCUT2D eigenvalue weighted by atomic mass is 32.2. The number of amides is 1. The molecular weight excluding hydrogens is 264 g/mol. The Morgan fingerprint density at radius 2 is 1.89 bits per heavy atom. The molecule has 1 unspecified atom stereocenters. The Kier molecular flexibility index (Phi) is 6.26. The van der Waals surface area contributed by atoms with Crippen molar-refractivity contribution in [1.82, 2.24) is 10.2 Å². The first-order chi connectivity index (χ1) is 8.91. The van der Waals surface area contributed by atoms with Crippen molar-refractivity contribution in [3.8, 4) is 0 Å². The topological polar surface area (TPSA) is 66.5 Å². The molecule has 0 aromatic rings. The van der Waals surface area contributed by atoms with Gasteiger partial charge in [0.05, 0.1) is 5.75 Å². The van der Waals surface area contributed by atoms with Crippen molar-refractivity contribution < 1.29 is 13.2 Å². The molecule has 0 aromatic carbocycles. The third-order valence-electron chi connectivity index (χ3n) is 3.78. The van der Waals surface area contributed by atoms with Crippen LogP contribution < -0.4 is 5.32 Å². The van der Waals surface area contributed by atoms with Crippen molar-refractivity contribution in [3.05, 3.63) is 0 Å². The van der Waals surface area contributed by atoms with Gasteiger partial charge >= 0.3 is 0 Å². The molecule has 19 heavy (non-hydrogen) atoms. The molecule has 1 fully saturated rings. The minimum absolute atomic E-state index is 0.0491. The molecule has 5 nitrogen and oxygen atoms in total. The van der Waals surface area contributed by atoms with Gasteiger partial charge in [0, 0.05) is 24.3 Å². The summed E-state index contributed by atoms with van der Waals surface area (Å²) >= 11 is 0. The molecule has 0 aliphatic carbocycles. The summed E-state index contributed by atoms with van der Waals surface area (Å²) in [5.74, 6) is 0.362. The highest BCUT2D eigenvalue weighted by Crippen LogP contribution is 2.17. The molecule has 0 bridgehead atoms. The van der Waals surface area contributed by atoms with Crippen molar-refractivity contribution in [2.75, 3.05) is 31.1 Å². The smallest absolute Gasteiger partial charge is 0.226 e. The standard InChI is InChI=1S/C13H26N2O3S/c1-4-15(11(3)10-19(17,18)5-2)13(16)12-6-8-14-9-7-12/h11-12,14H,4-10H2,1-3H3. The Hall–Kier alpha value is -0.620. The third-order valence-corrected chi connectivity index (χ3v) is 5.65. The molecule has 0 radical (unpaired) electrons. The molecule has 1 amide bonds. The first-order valence-electron chi connectivity index (χ1n) is 7.12. The third kappa shape index (κ3) is 4.76. The first-order valence-corrected chi connectivity index (χ1v) is 8.95. The van der Waals surface area contributed by atoms with Crippen molar-refractivity contribution in [2.24, 2.45) is 5.92 Å². The highest BCUT2D eigenvalue weighted by molar-refractivity contribution is 7.91. The van der Waals surface area contributed by atoms with Gasteiger partial charge in [0.15, 0.2) is 9.84 Å². The van der Waals surface area contributed by atoms with Crippen molar-refractivity contribution in [3.63, 3.8) is 0 Å². The number of rotatable bonds is 6. The van der Waals surface area contributed by atoms with E-state index in [1.165, 1.54) is 0 Å². The normalized spacial score (nSPS) is 19.1. The maximum absolute atomic E-state index is 12.4. The molecule has 0 aromatic heterocycles. The zero-order valence-corrected chi connectivity index (χ0v) is 13.0. The Labute approximate surface area is 116 Å². The van der Waals surface area contributed by atoms with Gasteiger partial charge in [0.1, 0.15) is 0 Å². The van der Waals surface area contributed by atoms with Gasteiger partial charge in [-0.15, -0.1) is 0 Å². The lowest BCUT2D eigenvalue weighted by molar-refractivity contribution is -0.137. The van der Waals surface area contributed by atoms with Gasteiger partial charge in [0.2, 0.25) is 5.91 Å². The first kappa shape index (κ1) is 16.4. The number of hydrogen-bond donors (Lipinski definition) is 1. The van der Waals surface area contributed by atoms with Crippen molar-refractivity contribution in [2.45, 2.75) is 39.7 Å². The summed E-state index contributed by atoms with van der Waals surface area (Å²) in [6.45, 7) is 7.70. The number of nitrogens with zero attached hydrogens (tertiary/aromatic N) is 1. The highest BCUT2D eigenvalue weighted by Gasteiger charge is 2.29.